The second kappa shape index (κ2) is 10.3. The Hall–Kier alpha value is -4.00. The van der Waals surface area contributed by atoms with Crippen LogP contribution in [0.25, 0.3) is 0 Å². The minimum Gasteiger partial charge on any atom is -0.487 e. The van der Waals surface area contributed by atoms with Gasteiger partial charge in [0.2, 0.25) is 0 Å². The number of pyridine rings is 1. The standard InChI is InChI=1S/C25H24N2O5/c1-3-6-18-13-17(16(2)28)11-12-23(18)32-15-21-9-5-10-22(26-21)24(29)27-20-8-4-7-19(14-20)25(30)31/h4-5,7-14H,3,6,15H2,1-2H3,(H,27,29)(H,30,31). The fourth-order valence-electron chi connectivity index (χ4n) is 3.17. The summed E-state index contributed by atoms with van der Waals surface area (Å²) in [5.41, 5.74) is 2.80. The Kier molecular flexibility index (Phi) is 7.33. The van der Waals surface area contributed by atoms with E-state index >= 15 is 0 Å². The molecule has 0 radical (unpaired) electrons. The highest BCUT2D eigenvalue weighted by Crippen LogP contribution is 2.23. The molecule has 2 N–H and O–H groups in total. The first-order valence-electron chi connectivity index (χ1n) is 10.2. The number of Topliss-reactive ketones (excluding diaryl/α,β-unsaturated/α-hetero) is 1. The number of ketones is 1. The number of hydrogen-bond acceptors (Lipinski definition) is 5. The fraction of sp³-hybridized carbons (Fsp3) is 0.200. The molecule has 0 aliphatic carbocycles. The van der Waals surface area contributed by atoms with Gasteiger partial charge in [0, 0.05) is 11.3 Å². The van der Waals surface area contributed by atoms with Crippen LogP contribution in [0.1, 0.15) is 62.7 Å². The number of carbonyl (C=O) groups is 3. The van der Waals surface area contributed by atoms with Crippen molar-refractivity contribution in [3.8, 4) is 5.75 Å². The predicted molar refractivity (Wildman–Crippen MR) is 120 cm³/mol. The average Bonchev–Trinajstić information content (AvgIpc) is 2.78. The molecule has 0 fully saturated rings. The summed E-state index contributed by atoms with van der Waals surface area (Å²) >= 11 is 0. The average molecular weight is 432 g/mol. The van der Waals surface area contributed by atoms with E-state index in [1.165, 1.54) is 19.1 Å². The molecule has 0 saturated carbocycles. The van der Waals surface area contributed by atoms with E-state index in [9.17, 15) is 14.4 Å². The second-order valence-corrected chi connectivity index (χ2v) is 7.27. The van der Waals surface area contributed by atoms with E-state index in [-0.39, 0.29) is 23.6 Å². The third-order valence-corrected chi connectivity index (χ3v) is 4.77. The topological polar surface area (TPSA) is 106 Å². The first-order chi connectivity index (χ1) is 15.4. The Bertz CT molecular complexity index is 1160. The molecular weight excluding hydrogens is 408 g/mol. The summed E-state index contributed by atoms with van der Waals surface area (Å²) in [6.45, 7) is 3.75. The largest absolute Gasteiger partial charge is 0.487 e. The van der Waals surface area contributed by atoms with Gasteiger partial charge >= 0.3 is 5.97 Å². The van der Waals surface area contributed by atoms with Crippen LogP contribution in [-0.4, -0.2) is 27.8 Å². The van der Waals surface area contributed by atoms with E-state index in [1.807, 2.05) is 6.07 Å². The summed E-state index contributed by atoms with van der Waals surface area (Å²) in [5.74, 6) is -0.841. The molecule has 1 amide bonds. The molecule has 7 nitrogen and oxygen atoms in total. The van der Waals surface area contributed by atoms with Gasteiger partial charge in [-0.1, -0.05) is 25.5 Å². The lowest BCUT2D eigenvalue weighted by molar-refractivity contribution is 0.0696. The van der Waals surface area contributed by atoms with Crippen molar-refractivity contribution >= 4 is 23.3 Å². The Morgan fingerprint density at radius 2 is 1.78 bits per heavy atom. The number of nitrogens with zero attached hydrogens (tertiary/aromatic N) is 1. The summed E-state index contributed by atoms with van der Waals surface area (Å²) in [7, 11) is 0. The van der Waals surface area contributed by atoms with Gasteiger partial charge in [-0.3, -0.25) is 9.59 Å². The number of aromatic nitrogens is 1. The van der Waals surface area contributed by atoms with Gasteiger partial charge in [0.15, 0.2) is 5.78 Å². The Morgan fingerprint density at radius 1 is 1.00 bits per heavy atom. The molecule has 0 unspecified atom stereocenters. The summed E-state index contributed by atoms with van der Waals surface area (Å²) in [4.78, 5) is 39.7. The van der Waals surface area contributed by atoms with Crippen LogP contribution in [0.3, 0.4) is 0 Å². The Morgan fingerprint density at radius 3 is 2.50 bits per heavy atom. The molecule has 32 heavy (non-hydrogen) atoms. The molecular formula is C25H24N2O5. The van der Waals surface area contributed by atoms with Crippen molar-refractivity contribution in [2.75, 3.05) is 5.32 Å². The number of rotatable bonds is 9. The molecule has 164 valence electrons. The van der Waals surface area contributed by atoms with E-state index in [1.54, 1.807) is 42.5 Å². The normalized spacial score (nSPS) is 10.4. The molecule has 1 heterocycles. The number of carbonyl (C=O) groups excluding carboxylic acids is 2. The lowest BCUT2D eigenvalue weighted by Crippen LogP contribution is -2.15. The predicted octanol–water partition coefficient (Wildman–Crippen LogP) is 4.77. The molecule has 0 saturated heterocycles. The molecule has 0 aliphatic heterocycles. The maximum Gasteiger partial charge on any atom is 0.335 e. The van der Waals surface area contributed by atoms with Gasteiger partial charge < -0.3 is 15.2 Å². The van der Waals surface area contributed by atoms with Crippen LogP contribution >= 0.6 is 0 Å². The number of hydrogen-bond donors (Lipinski definition) is 2. The monoisotopic (exact) mass is 432 g/mol. The molecule has 0 bridgehead atoms. The van der Waals surface area contributed by atoms with Gasteiger partial charge in [-0.25, -0.2) is 9.78 Å². The molecule has 3 rings (SSSR count). The molecule has 7 heteroatoms. The van der Waals surface area contributed by atoms with Crippen LogP contribution in [0.4, 0.5) is 5.69 Å². The highest BCUT2D eigenvalue weighted by molar-refractivity contribution is 6.03. The number of carboxylic acid groups (broad SMARTS) is 1. The zero-order chi connectivity index (χ0) is 23.1. The lowest BCUT2D eigenvalue weighted by atomic mass is 10.0. The Labute approximate surface area is 186 Å². The SMILES string of the molecule is CCCc1cc(C(C)=O)ccc1OCc1cccc(C(=O)Nc2cccc(C(=O)O)c2)n1. The first-order valence-corrected chi connectivity index (χ1v) is 10.2. The van der Waals surface area contributed by atoms with Crippen molar-refractivity contribution in [3.63, 3.8) is 0 Å². The van der Waals surface area contributed by atoms with Gasteiger partial charge in [-0.2, -0.15) is 0 Å². The van der Waals surface area contributed by atoms with Gasteiger partial charge in [-0.05, 0) is 67.4 Å². The van der Waals surface area contributed by atoms with Crippen LogP contribution in [0.2, 0.25) is 0 Å². The van der Waals surface area contributed by atoms with Crippen LogP contribution in [0.15, 0.2) is 60.7 Å². The number of benzene rings is 2. The number of carboxylic acids is 1. The van der Waals surface area contributed by atoms with Crippen molar-refractivity contribution in [1.29, 1.82) is 0 Å². The van der Waals surface area contributed by atoms with Crippen LogP contribution in [0.5, 0.6) is 5.75 Å². The van der Waals surface area contributed by atoms with Crippen molar-refractivity contribution in [3.05, 3.63) is 88.7 Å². The maximum absolute atomic E-state index is 12.6. The number of nitrogens with one attached hydrogen (secondary N) is 1. The molecule has 1 aromatic heterocycles. The molecule has 0 atom stereocenters. The number of aromatic carboxylic acids is 1. The van der Waals surface area contributed by atoms with Crippen molar-refractivity contribution < 1.29 is 24.2 Å². The maximum atomic E-state index is 12.6. The fourth-order valence-corrected chi connectivity index (χ4v) is 3.17. The highest BCUT2D eigenvalue weighted by Gasteiger charge is 2.12. The summed E-state index contributed by atoms with van der Waals surface area (Å²) < 4.78 is 5.93. The number of ether oxygens (including phenoxy) is 1. The van der Waals surface area contributed by atoms with Crippen LogP contribution < -0.4 is 10.1 Å². The summed E-state index contributed by atoms with van der Waals surface area (Å²) in [6, 6.07) is 16.4. The number of anilines is 1. The van der Waals surface area contributed by atoms with E-state index in [0.29, 0.717) is 22.7 Å². The second-order valence-electron chi connectivity index (χ2n) is 7.27. The molecule has 0 spiro atoms. The zero-order valence-electron chi connectivity index (χ0n) is 17.9. The molecule has 3 aromatic rings. The minimum atomic E-state index is -1.07. The third kappa shape index (κ3) is 5.78. The van der Waals surface area contributed by atoms with E-state index in [4.69, 9.17) is 9.84 Å². The van der Waals surface area contributed by atoms with Gasteiger partial charge in [-0.15, -0.1) is 0 Å². The van der Waals surface area contributed by atoms with Gasteiger partial charge in [0.05, 0.1) is 11.3 Å². The summed E-state index contributed by atoms with van der Waals surface area (Å²) in [5, 5.41) is 11.7. The van der Waals surface area contributed by atoms with Crippen molar-refractivity contribution in [1.82, 2.24) is 4.98 Å². The molecule has 0 aliphatic rings. The number of amides is 1. The molecule has 2 aromatic carbocycles. The quantitative estimate of drug-likeness (QED) is 0.472. The van der Waals surface area contributed by atoms with Crippen LogP contribution in [-0.2, 0) is 13.0 Å². The lowest BCUT2D eigenvalue weighted by Gasteiger charge is -2.12. The minimum absolute atomic E-state index is 0.00294. The van der Waals surface area contributed by atoms with E-state index in [0.717, 1.165) is 18.4 Å². The van der Waals surface area contributed by atoms with Gasteiger partial charge in [0.25, 0.3) is 5.91 Å². The zero-order valence-corrected chi connectivity index (χ0v) is 17.9. The van der Waals surface area contributed by atoms with E-state index < -0.39 is 11.9 Å². The van der Waals surface area contributed by atoms with Crippen molar-refractivity contribution in [2.24, 2.45) is 0 Å². The highest BCUT2D eigenvalue weighted by atomic mass is 16.5. The third-order valence-electron chi connectivity index (χ3n) is 4.77. The van der Waals surface area contributed by atoms with Crippen molar-refractivity contribution in [2.45, 2.75) is 33.3 Å². The van der Waals surface area contributed by atoms with Crippen LogP contribution in [0, 0.1) is 0 Å². The number of aryl methyl sites for hydroxylation is 1. The van der Waals surface area contributed by atoms with Gasteiger partial charge in [0.1, 0.15) is 18.1 Å². The smallest absolute Gasteiger partial charge is 0.335 e. The summed E-state index contributed by atoms with van der Waals surface area (Å²) in [6.07, 6.45) is 1.69. The Balaban J connectivity index is 1.71. The first kappa shape index (κ1) is 22.7. The van der Waals surface area contributed by atoms with E-state index in [2.05, 4.69) is 17.2 Å².